The summed E-state index contributed by atoms with van der Waals surface area (Å²) in [4.78, 5) is 2.08. The van der Waals surface area contributed by atoms with Gasteiger partial charge in [-0.25, -0.2) is 0 Å². The highest BCUT2D eigenvalue weighted by Crippen LogP contribution is 2.21. The molecule has 1 N–H and O–H groups in total. The third-order valence-corrected chi connectivity index (χ3v) is 2.65. The maximum absolute atomic E-state index is 5.88. The molecule has 2 rings (SSSR count). The highest BCUT2D eigenvalue weighted by atomic mass is 16.5. The molecule has 3 nitrogen and oxygen atoms in total. The molecule has 1 fully saturated rings. The van der Waals surface area contributed by atoms with Crippen LogP contribution >= 0.6 is 0 Å². The van der Waals surface area contributed by atoms with Crippen LogP contribution < -0.4 is 15.0 Å². The Hall–Kier alpha value is -1.22. The Balaban J connectivity index is 2.04. The summed E-state index contributed by atoms with van der Waals surface area (Å²) < 4.78 is 5.88. The minimum atomic E-state index is 0.336. The van der Waals surface area contributed by atoms with Crippen LogP contribution in [0.3, 0.4) is 0 Å². The van der Waals surface area contributed by atoms with Crippen molar-refractivity contribution < 1.29 is 4.74 Å². The van der Waals surface area contributed by atoms with Gasteiger partial charge in [-0.3, -0.25) is 0 Å². The van der Waals surface area contributed by atoms with Gasteiger partial charge in [0, 0.05) is 32.4 Å². The van der Waals surface area contributed by atoms with E-state index in [1.807, 2.05) is 26.2 Å². The Bertz CT molecular complexity index is 319. The second-order valence-corrected chi connectivity index (χ2v) is 4.12. The molecule has 15 heavy (non-hydrogen) atoms. The van der Waals surface area contributed by atoms with E-state index in [-0.39, 0.29) is 0 Å². The van der Waals surface area contributed by atoms with E-state index in [4.69, 9.17) is 4.74 Å². The highest BCUT2D eigenvalue weighted by Gasteiger charge is 2.15. The third-order valence-electron chi connectivity index (χ3n) is 2.65. The van der Waals surface area contributed by atoms with Gasteiger partial charge in [0.05, 0.1) is 0 Å². The Morgan fingerprint density at radius 2 is 2.27 bits per heavy atom. The predicted octanol–water partition coefficient (Wildman–Crippen LogP) is 1.49. The van der Waals surface area contributed by atoms with Crippen LogP contribution in [-0.2, 0) is 0 Å². The van der Waals surface area contributed by atoms with Crippen LogP contribution in [0.1, 0.15) is 6.42 Å². The molecular weight excluding hydrogens is 188 g/mol. The van der Waals surface area contributed by atoms with Gasteiger partial charge in [-0.15, -0.1) is 0 Å². The van der Waals surface area contributed by atoms with E-state index >= 15 is 0 Å². The van der Waals surface area contributed by atoms with Crippen LogP contribution in [0.4, 0.5) is 5.69 Å². The maximum atomic E-state index is 5.88. The van der Waals surface area contributed by atoms with Crippen LogP contribution in [0.15, 0.2) is 24.3 Å². The molecule has 82 valence electrons. The zero-order valence-electron chi connectivity index (χ0n) is 9.36. The summed E-state index contributed by atoms with van der Waals surface area (Å²) in [6.07, 6.45) is 1.44. The van der Waals surface area contributed by atoms with Crippen molar-refractivity contribution in [1.82, 2.24) is 5.32 Å². The summed E-state index contributed by atoms with van der Waals surface area (Å²) in [5.41, 5.74) is 1.18. The molecule has 0 aromatic heterocycles. The minimum absolute atomic E-state index is 0.336. The summed E-state index contributed by atoms with van der Waals surface area (Å²) in [6.45, 7) is 2.03. The molecule has 0 aliphatic carbocycles. The molecule has 0 bridgehead atoms. The van der Waals surface area contributed by atoms with Crippen molar-refractivity contribution in [2.24, 2.45) is 0 Å². The second-order valence-electron chi connectivity index (χ2n) is 4.12. The first-order chi connectivity index (χ1) is 7.25. The summed E-state index contributed by atoms with van der Waals surface area (Å²) in [5, 5.41) is 3.29. The molecule has 1 aromatic rings. The fourth-order valence-electron chi connectivity index (χ4n) is 1.76. The molecule has 1 aliphatic heterocycles. The maximum Gasteiger partial charge on any atom is 0.121 e. The minimum Gasteiger partial charge on any atom is -0.489 e. The van der Waals surface area contributed by atoms with Gasteiger partial charge in [-0.05, 0) is 25.1 Å². The van der Waals surface area contributed by atoms with Crippen molar-refractivity contribution in [3.8, 4) is 5.75 Å². The van der Waals surface area contributed by atoms with Gasteiger partial charge in [0.25, 0.3) is 0 Å². The number of rotatable bonds is 3. The van der Waals surface area contributed by atoms with Crippen LogP contribution in [0.2, 0.25) is 0 Å². The number of ether oxygens (including phenoxy) is 1. The molecule has 1 heterocycles. The lowest BCUT2D eigenvalue weighted by atomic mass is 10.2. The van der Waals surface area contributed by atoms with Crippen LogP contribution in [0, 0.1) is 0 Å². The predicted molar refractivity (Wildman–Crippen MR) is 62.7 cm³/mol. The smallest absolute Gasteiger partial charge is 0.121 e. The lowest BCUT2D eigenvalue weighted by Crippen LogP contribution is -2.19. The Labute approximate surface area is 91.0 Å². The second kappa shape index (κ2) is 4.53. The van der Waals surface area contributed by atoms with E-state index in [2.05, 4.69) is 22.3 Å². The zero-order valence-corrected chi connectivity index (χ0v) is 9.36. The van der Waals surface area contributed by atoms with Crippen LogP contribution in [-0.4, -0.2) is 33.3 Å². The topological polar surface area (TPSA) is 24.5 Å². The molecule has 0 saturated carbocycles. The number of hydrogen-bond donors (Lipinski definition) is 1. The van der Waals surface area contributed by atoms with E-state index in [9.17, 15) is 0 Å². The van der Waals surface area contributed by atoms with Crippen molar-refractivity contribution in [2.45, 2.75) is 12.5 Å². The highest BCUT2D eigenvalue weighted by molar-refractivity contribution is 5.49. The first-order valence-electron chi connectivity index (χ1n) is 5.40. The van der Waals surface area contributed by atoms with E-state index in [0.29, 0.717) is 6.10 Å². The molecule has 1 aromatic carbocycles. The van der Waals surface area contributed by atoms with Gasteiger partial charge in [-0.2, -0.15) is 0 Å². The van der Waals surface area contributed by atoms with E-state index in [1.54, 1.807) is 0 Å². The number of nitrogens with one attached hydrogen (secondary N) is 1. The molecular formula is C12H18N2O. The number of anilines is 1. The number of benzene rings is 1. The lowest BCUT2D eigenvalue weighted by Gasteiger charge is -2.16. The van der Waals surface area contributed by atoms with Gasteiger partial charge < -0.3 is 15.0 Å². The van der Waals surface area contributed by atoms with Gasteiger partial charge >= 0.3 is 0 Å². The zero-order chi connectivity index (χ0) is 10.7. The van der Waals surface area contributed by atoms with Gasteiger partial charge in [-0.1, -0.05) is 6.07 Å². The quantitative estimate of drug-likeness (QED) is 0.811. The van der Waals surface area contributed by atoms with Crippen molar-refractivity contribution in [3.05, 3.63) is 24.3 Å². The van der Waals surface area contributed by atoms with Crippen molar-refractivity contribution in [3.63, 3.8) is 0 Å². The van der Waals surface area contributed by atoms with Gasteiger partial charge in [0.2, 0.25) is 0 Å². The normalized spacial score (nSPS) is 20.3. The molecule has 0 amide bonds. The van der Waals surface area contributed by atoms with Gasteiger partial charge in [0.1, 0.15) is 11.9 Å². The third kappa shape index (κ3) is 2.63. The average molecular weight is 206 g/mol. The van der Waals surface area contributed by atoms with Crippen molar-refractivity contribution >= 4 is 5.69 Å². The fourth-order valence-corrected chi connectivity index (χ4v) is 1.76. The fraction of sp³-hybridized carbons (Fsp3) is 0.500. The van der Waals surface area contributed by atoms with Crippen LogP contribution in [0.5, 0.6) is 5.75 Å². The first-order valence-corrected chi connectivity index (χ1v) is 5.40. The SMILES string of the molecule is CN(C)c1cccc(O[C@@H]2CCNC2)c1. The molecule has 1 atom stereocenters. The molecule has 3 heteroatoms. The molecule has 1 aliphatic rings. The van der Waals surface area contributed by atoms with Gasteiger partial charge in [0.15, 0.2) is 0 Å². The average Bonchev–Trinajstić information content (AvgIpc) is 2.71. The Morgan fingerprint density at radius 3 is 2.93 bits per heavy atom. The van der Waals surface area contributed by atoms with E-state index in [1.165, 1.54) is 5.69 Å². The van der Waals surface area contributed by atoms with Crippen molar-refractivity contribution in [2.75, 3.05) is 32.1 Å². The standard InChI is InChI=1S/C12H18N2O/c1-14(2)10-4-3-5-11(8-10)15-12-6-7-13-9-12/h3-5,8,12-13H,6-7,9H2,1-2H3/t12-/m1/s1. The number of hydrogen-bond acceptors (Lipinski definition) is 3. The molecule has 1 saturated heterocycles. The molecule has 0 spiro atoms. The molecule has 0 radical (unpaired) electrons. The largest absolute Gasteiger partial charge is 0.489 e. The summed E-state index contributed by atoms with van der Waals surface area (Å²) in [6, 6.07) is 8.22. The van der Waals surface area contributed by atoms with E-state index in [0.717, 1.165) is 25.3 Å². The number of nitrogens with zero attached hydrogens (tertiary/aromatic N) is 1. The van der Waals surface area contributed by atoms with E-state index < -0.39 is 0 Å². The first kappa shape index (κ1) is 10.3. The van der Waals surface area contributed by atoms with Crippen molar-refractivity contribution in [1.29, 1.82) is 0 Å². The van der Waals surface area contributed by atoms with Crippen LogP contribution in [0.25, 0.3) is 0 Å². The summed E-state index contributed by atoms with van der Waals surface area (Å²) in [7, 11) is 4.08. The summed E-state index contributed by atoms with van der Waals surface area (Å²) >= 11 is 0. The Morgan fingerprint density at radius 1 is 1.40 bits per heavy atom. The lowest BCUT2D eigenvalue weighted by molar-refractivity contribution is 0.223. The monoisotopic (exact) mass is 206 g/mol. The summed E-state index contributed by atoms with van der Waals surface area (Å²) in [5.74, 6) is 0.968. The molecule has 0 unspecified atom stereocenters. The Kier molecular flexibility index (Phi) is 3.11.